The number of methoxy groups -OCH3 is 1. The Morgan fingerprint density at radius 2 is 2.25 bits per heavy atom. The molecule has 1 aliphatic heterocycles. The summed E-state index contributed by atoms with van der Waals surface area (Å²) in [5, 5.41) is 6.24. The molecule has 1 heterocycles. The lowest BCUT2D eigenvalue weighted by molar-refractivity contribution is -0.123. The fourth-order valence-corrected chi connectivity index (χ4v) is 1.96. The minimum absolute atomic E-state index is 0.0488. The summed E-state index contributed by atoms with van der Waals surface area (Å²) >= 11 is 0. The second kappa shape index (κ2) is 8.53. The van der Waals surface area contributed by atoms with Crippen molar-refractivity contribution in [3.8, 4) is 0 Å². The molecule has 4 nitrogen and oxygen atoms in total. The zero-order valence-corrected chi connectivity index (χ0v) is 10.3. The van der Waals surface area contributed by atoms with Crippen LogP contribution in [0.15, 0.2) is 0 Å². The van der Waals surface area contributed by atoms with Crippen LogP contribution < -0.4 is 10.6 Å². The van der Waals surface area contributed by atoms with E-state index in [9.17, 15) is 4.79 Å². The molecule has 4 heteroatoms. The van der Waals surface area contributed by atoms with Crippen molar-refractivity contribution in [2.75, 3.05) is 26.8 Å². The third-order valence-corrected chi connectivity index (χ3v) is 2.95. The quantitative estimate of drug-likeness (QED) is 0.641. The van der Waals surface area contributed by atoms with Crippen molar-refractivity contribution in [1.82, 2.24) is 10.6 Å². The summed E-state index contributed by atoms with van der Waals surface area (Å²) in [5.41, 5.74) is 0. The van der Waals surface area contributed by atoms with Crippen molar-refractivity contribution in [2.45, 2.75) is 44.6 Å². The van der Waals surface area contributed by atoms with Crippen LogP contribution in [0.5, 0.6) is 0 Å². The van der Waals surface area contributed by atoms with Gasteiger partial charge < -0.3 is 15.4 Å². The predicted molar refractivity (Wildman–Crippen MR) is 64.4 cm³/mol. The SMILES string of the molecule is COCCCCCNC(=O)C1CCCCN1. The molecule has 0 aromatic heterocycles. The molecule has 0 radical (unpaired) electrons. The van der Waals surface area contributed by atoms with Crippen LogP contribution in [0, 0.1) is 0 Å². The molecule has 2 N–H and O–H groups in total. The molecular formula is C12H24N2O2. The molecule has 1 rings (SSSR count). The first kappa shape index (κ1) is 13.5. The maximum atomic E-state index is 11.7. The number of ether oxygens (including phenoxy) is 1. The van der Waals surface area contributed by atoms with E-state index in [0.717, 1.165) is 45.4 Å². The average Bonchev–Trinajstić information content (AvgIpc) is 2.34. The van der Waals surface area contributed by atoms with E-state index in [4.69, 9.17) is 4.74 Å². The van der Waals surface area contributed by atoms with Crippen molar-refractivity contribution in [3.63, 3.8) is 0 Å². The van der Waals surface area contributed by atoms with Gasteiger partial charge in [-0.2, -0.15) is 0 Å². The van der Waals surface area contributed by atoms with E-state index in [1.54, 1.807) is 7.11 Å². The van der Waals surface area contributed by atoms with Crippen LogP contribution in [0.3, 0.4) is 0 Å². The zero-order valence-electron chi connectivity index (χ0n) is 10.3. The number of carbonyl (C=O) groups excluding carboxylic acids is 1. The summed E-state index contributed by atoms with van der Waals surface area (Å²) < 4.78 is 4.97. The Balaban J connectivity index is 1.97. The highest BCUT2D eigenvalue weighted by atomic mass is 16.5. The van der Waals surface area contributed by atoms with Crippen LogP contribution in [0.25, 0.3) is 0 Å². The minimum Gasteiger partial charge on any atom is -0.385 e. The van der Waals surface area contributed by atoms with Crippen LogP contribution in [-0.4, -0.2) is 38.8 Å². The first-order chi connectivity index (χ1) is 7.84. The fourth-order valence-electron chi connectivity index (χ4n) is 1.96. The summed E-state index contributed by atoms with van der Waals surface area (Å²) in [6.07, 6.45) is 6.58. The Morgan fingerprint density at radius 3 is 2.94 bits per heavy atom. The second-order valence-corrected chi connectivity index (χ2v) is 4.35. The number of rotatable bonds is 7. The van der Waals surface area contributed by atoms with Gasteiger partial charge in [0.25, 0.3) is 0 Å². The summed E-state index contributed by atoms with van der Waals surface area (Å²) in [6.45, 7) is 2.59. The normalized spacial score (nSPS) is 20.7. The third kappa shape index (κ3) is 5.47. The van der Waals surface area contributed by atoms with Crippen molar-refractivity contribution in [3.05, 3.63) is 0 Å². The van der Waals surface area contributed by atoms with Gasteiger partial charge in [-0.3, -0.25) is 4.79 Å². The smallest absolute Gasteiger partial charge is 0.237 e. The van der Waals surface area contributed by atoms with Crippen molar-refractivity contribution < 1.29 is 9.53 Å². The lowest BCUT2D eigenvalue weighted by Gasteiger charge is -2.22. The van der Waals surface area contributed by atoms with E-state index in [-0.39, 0.29) is 11.9 Å². The standard InChI is InChI=1S/C12H24N2O2/c1-16-10-6-2-4-9-14-12(15)11-7-3-5-8-13-11/h11,13H,2-10H2,1H3,(H,14,15). The van der Waals surface area contributed by atoms with Crippen molar-refractivity contribution in [2.24, 2.45) is 0 Å². The van der Waals surface area contributed by atoms with E-state index >= 15 is 0 Å². The van der Waals surface area contributed by atoms with Gasteiger partial charge >= 0.3 is 0 Å². The first-order valence-electron chi connectivity index (χ1n) is 6.34. The number of piperidine rings is 1. The van der Waals surface area contributed by atoms with E-state index in [1.807, 2.05) is 0 Å². The van der Waals surface area contributed by atoms with Crippen LogP contribution in [0.2, 0.25) is 0 Å². The molecule has 0 aromatic carbocycles. The number of hydrogen-bond donors (Lipinski definition) is 2. The molecule has 1 aliphatic rings. The van der Waals surface area contributed by atoms with Gasteiger partial charge in [0.1, 0.15) is 0 Å². The van der Waals surface area contributed by atoms with Gasteiger partial charge in [-0.15, -0.1) is 0 Å². The third-order valence-electron chi connectivity index (χ3n) is 2.95. The monoisotopic (exact) mass is 228 g/mol. The maximum absolute atomic E-state index is 11.7. The molecule has 94 valence electrons. The topological polar surface area (TPSA) is 50.4 Å². The zero-order chi connectivity index (χ0) is 11.6. The van der Waals surface area contributed by atoms with Crippen molar-refractivity contribution in [1.29, 1.82) is 0 Å². The van der Waals surface area contributed by atoms with Gasteiger partial charge in [0, 0.05) is 20.3 Å². The minimum atomic E-state index is 0.0488. The Kier molecular flexibility index (Phi) is 7.17. The van der Waals surface area contributed by atoms with Crippen LogP contribution in [-0.2, 0) is 9.53 Å². The molecule has 1 saturated heterocycles. The highest BCUT2D eigenvalue weighted by Gasteiger charge is 2.19. The molecule has 0 aliphatic carbocycles. The molecule has 1 fully saturated rings. The Labute approximate surface area is 98.1 Å². The lowest BCUT2D eigenvalue weighted by Crippen LogP contribution is -2.46. The molecular weight excluding hydrogens is 204 g/mol. The van der Waals surface area contributed by atoms with E-state index in [1.165, 1.54) is 12.8 Å². The van der Waals surface area contributed by atoms with Gasteiger partial charge in [0.15, 0.2) is 0 Å². The number of nitrogens with one attached hydrogen (secondary N) is 2. The fraction of sp³-hybridized carbons (Fsp3) is 0.917. The summed E-state index contributed by atoms with van der Waals surface area (Å²) in [5.74, 6) is 0.173. The molecule has 1 atom stereocenters. The molecule has 0 aromatic rings. The summed E-state index contributed by atoms with van der Waals surface area (Å²) in [7, 11) is 1.72. The van der Waals surface area contributed by atoms with E-state index in [2.05, 4.69) is 10.6 Å². The van der Waals surface area contributed by atoms with E-state index < -0.39 is 0 Å². The number of amides is 1. The molecule has 16 heavy (non-hydrogen) atoms. The maximum Gasteiger partial charge on any atom is 0.237 e. The number of unbranched alkanes of at least 4 members (excludes halogenated alkanes) is 2. The highest BCUT2D eigenvalue weighted by Crippen LogP contribution is 2.06. The number of carbonyl (C=O) groups is 1. The van der Waals surface area contributed by atoms with Crippen LogP contribution in [0.4, 0.5) is 0 Å². The molecule has 0 bridgehead atoms. The molecule has 0 saturated carbocycles. The van der Waals surface area contributed by atoms with Gasteiger partial charge in [-0.25, -0.2) is 0 Å². The average molecular weight is 228 g/mol. The predicted octanol–water partition coefficient (Wildman–Crippen LogP) is 1.06. The Morgan fingerprint density at radius 1 is 1.38 bits per heavy atom. The Bertz CT molecular complexity index is 191. The second-order valence-electron chi connectivity index (χ2n) is 4.35. The summed E-state index contributed by atoms with van der Waals surface area (Å²) in [6, 6.07) is 0.0488. The Hall–Kier alpha value is -0.610. The van der Waals surface area contributed by atoms with Gasteiger partial charge in [-0.05, 0) is 38.6 Å². The largest absolute Gasteiger partial charge is 0.385 e. The number of hydrogen-bond acceptors (Lipinski definition) is 3. The van der Waals surface area contributed by atoms with Gasteiger partial charge in [0.05, 0.1) is 6.04 Å². The van der Waals surface area contributed by atoms with Gasteiger partial charge in [0.2, 0.25) is 5.91 Å². The lowest BCUT2D eigenvalue weighted by atomic mass is 10.0. The van der Waals surface area contributed by atoms with Crippen LogP contribution in [0.1, 0.15) is 38.5 Å². The van der Waals surface area contributed by atoms with Crippen molar-refractivity contribution >= 4 is 5.91 Å². The highest BCUT2D eigenvalue weighted by molar-refractivity contribution is 5.81. The molecule has 0 spiro atoms. The van der Waals surface area contributed by atoms with Crippen LogP contribution >= 0.6 is 0 Å². The van der Waals surface area contributed by atoms with Gasteiger partial charge in [-0.1, -0.05) is 6.42 Å². The summed E-state index contributed by atoms with van der Waals surface area (Å²) in [4.78, 5) is 11.7. The first-order valence-corrected chi connectivity index (χ1v) is 6.34. The van der Waals surface area contributed by atoms with E-state index in [0.29, 0.717) is 0 Å². The molecule has 1 unspecified atom stereocenters. The molecule has 1 amide bonds.